The highest BCUT2D eigenvalue weighted by Gasteiger charge is 2.49. The largest absolute Gasteiger partial charge is 0.369 e. The van der Waals surface area contributed by atoms with Gasteiger partial charge in [-0.1, -0.05) is 27.2 Å². The fraction of sp³-hybridized carbons (Fsp3) is 0.769. The van der Waals surface area contributed by atoms with Crippen LogP contribution in [0.5, 0.6) is 0 Å². The van der Waals surface area contributed by atoms with E-state index in [1.807, 2.05) is 6.92 Å². The van der Waals surface area contributed by atoms with E-state index in [2.05, 4.69) is 5.32 Å². The molecule has 7 nitrogen and oxygen atoms in total. The Morgan fingerprint density at radius 3 is 2.15 bits per heavy atom. The van der Waals surface area contributed by atoms with E-state index in [9.17, 15) is 14.4 Å². The number of carbonyl (C=O) groups is 3. The molecule has 0 rings (SSSR count). The zero-order chi connectivity index (χ0) is 15.9. The first kappa shape index (κ1) is 18.4. The molecular formula is C13H25N3O4. The molecule has 0 fully saturated rings. The van der Waals surface area contributed by atoms with Crippen molar-refractivity contribution in [3.8, 4) is 0 Å². The van der Waals surface area contributed by atoms with Crippen molar-refractivity contribution in [3.63, 3.8) is 0 Å². The smallest absolute Gasteiger partial charge is 0.244 e. The first-order valence-corrected chi connectivity index (χ1v) is 6.71. The average molecular weight is 287 g/mol. The van der Waals surface area contributed by atoms with Crippen molar-refractivity contribution in [3.05, 3.63) is 0 Å². The maximum Gasteiger partial charge on any atom is 0.244 e. The zero-order valence-corrected chi connectivity index (χ0v) is 12.5. The molecular weight excluding hydrogens is 262 g/mol. The van der Waals surface area contributed by atoms with Crippen LogP contribution in [0.4, 0.5) is 0 Å². The molecule has 0 aliphatic heterocycles. The number of nitrogens with two attached hydrogens (primary N) is 1. The van der Waals surface area contributed by atoms with Crippen LogP contribution in [0.1, 0.15) is 40.0 Å². The number of hydrogen-bond acceptors (Lipinski definition) is 4. The van der Waals surface area contributed by atoms with Gasteiger partial charge in [0.15, 0.2) is 0 Å². The van der Waals surface area contributed by atoms with E-state index in [1.54, 1.807) is 13.8 Å². The van der Waals surface area contributed by atoms with Gasteiger partial charge in [0.05, 0.1) is 11.3 Å². The molecule has 2 atom stereocenters. The summed E-state index contributed by atoms with van der Waals surface area (Å²) >= 11 is 0. The Labute approximate surface area is 119 Å². The average Bonchev–Trinajstić information content (AvgIpc) is 2.37. The predicted molar refractivity (Wildman–Crippen MR) is 73.5 cm³/mol. The van der Waals surface area contributed by atoms with Gasteiger partial charge >= 0.3 is 0 Å². The van der Waals surface area contributed by atoms with E-state index in [-0.39, 0.29) is 18.2 Å². The molecule has 0 heterocycles. The zero-order valence-electron chi connectivity index (χ0n) is 12.5. The van der Waals surface area contributed by atoms with E-state index < -0.39 is 23.1 Å². The number of nitrogens with one attached hydrogen (secondary N) is 2. The normalized spacial score (nSPS) is 15.3. The summed E-state index contributed by atoms with van der Waals surface area (Å²) in [6.07, 6.45) is 0.566. The van der Waals surface area contributed by atoms with Gasteiger partial charge in [-0.3, -0.25) is 19.6 Å². The molecule has 0 bridgehead atoms. The SMILES string of the molecule is CCC[C@](CC(=O)NO)(C(N)=O)[C@@H](C(=O)NC)C(C)C. The minimum absolute atomic E-state index is 0.180. The van der Waals surface area contributed by atoms with Crippen LogP contribution in [0, 0.1) is 17.3 Å². The Bertz CT molecular complexity index is 371. The summed E-state index contributed by atoms with van der Waals surface area (Å²) in [5.41, 5.74) is 5.71. The van der Waals surface area contributed by atoms with Gasteiger partial charge in [0.2, 0.25) is 17.7 Å². The van der Waals surface area contributed by atoms with Crippen molar-refractivity contribution < 1.29 is 19.6 Å². The molecule has 3 amide bonds. The van der Waals surface area contributed by atoms with Crippen molar-refractivity contribution >= 4 is 17.7 Å². The van der Waals surface area contributed by atoms with Crippen molar-refractivity contribution in [2.75, 3.05) is 7.05 Å². The fourth-order valence-corrected chi connectivity index (χ4v) is 2.84. The second kappa shape index (κ2) is 7.84. The van der Waals surface area contributed by atoms with Crippen LogP contribution < -0.4 is 16.5 Å². The number of carbonyl (C=O) groups excluding carboxylic acids is 3. The summed E-state index contributed by atoms with van der Waals surface area (Å²) < 4.78 is 0. The minimum Gasteiger partial charge on any atom is -0.369 e. The van der Waals surface area contributed by atoms with Crippen molar-refractivity contribution in [1.29, 1.82) is 0 Å². The Hall–Kier alpha value is -1.63. The van der Waals surface area contributed by atoms with Gasteiger partial charge < -0.3 is 11.1 Å². The molecule has 0 aliphatic rings. The lowest BCUT2D eigenvalue weighted by Gasteiger charge is -2.38. The monoisotopic (exact) mass is 287 g/mol. The summed E-state index contributed by atoms with van der Waals surface area (Å²) in [5, 5.41) is 11.2. The summed E-state index contributed by atoms with van der Waals surface area (Å²) in [7, 11) is 1.47. The highest BCUT2D eigenvalue weighted by Crippen LogP contribution is 2.41. The molecule has 0 aliphatic carbocycles. The molecule has 5 N–H and O–H groups in total. The molecule has 0 saturated heterocycles. The van der Waals surface area contributed by atoms with Crippen LogP contribution in [0.25, 0.3) is 0 Å². The van der Waals surface area contributed by atoms with Gasteiger partial charge in [-0.2, -0.15) is 0 Å². The van der Waals surface area contributed by atoms with Crippen LogP contribution >= 0.6 is 0 Å². The lowest BCUT2D eigenvalue weighted by Crippen LogP contribution is -2.53. The molecule has 0 radical (unpaired) electrons. The molecule has 0 spiro atoms. The van der Waals surface area contributed by atoms with Crippen LogP contribution in [0.3, 0.4) is 0 Å². The second-order valence-electron chi connectivity index (χ2n) is 5.32. The standard InChI is InChI=1S/C13H25N3O4/c1-5-6-13(12(14)19,7-9(17)16-20)10(8(2)3)11(18)15-4/h8,10,20H,5-7H2,1-4H3,(H2,14,19)(H,15,18)(H,16,17)/t10-,13-/m1/s1. The Balaban J connectivity index is 5.81. The molecule has 0 aromatic carbocycles. The van der Waals surface area contributed by atoms with Gasteiger partial charge in [-0.25, -0.2) is 5.48 Å². The van der Waals surface area contributed by atoms with Crippen LogP contribution in [0.15, 0.2) is 0 Å². The maximum atomic E-state index is 12.1. The fourth-order valence-electron chi connectivity index (χ4n) is 2.84. The summed E-state index contributed by atoms with van der Waals surface area (Å²) in [6.45, 7) is 5.43. The predicted octanol–water partition coefficient (Wildman–Crippen LogP) is 0.172. The Kier molecular flexibility index (Phi) is 7.20. The highest BCUT2D eigenvalue weighted by atomic mass is 16.5. The minimum atomic E-state index is -1.31. The van der Waals surface area contributed by atoms with Crippen molar-refractivity contribution in [2.24, 2.45) is 23.0 Å². The van der Waals surface area contributed by atoms with Crippen LogP contribution in [-0.2, 0) is 14.4 Å². The third kappa shape index (κ3) is 3.93. The molecule has 0 saturated carbocycles. The van der Waals surface area contributed by atoms with Crippen molar-refractivity contribution in [1.82, 2.24) is 10.8 Å². The summed E-state index contributed by atoms with van der Waals surface area (Å²) in [4.78, 5) is 35.7. The molecule has 0 aromatic rings. The third-order valence-corrected chi connectivity index (χ3v) is 3.58. The molecule has 0 aromatic heterocycles. The number of primary amides is 1. The van der Waals surface area contributed by atoms with Gasteiger partial charge in [-0.05, 0) is 12.3 Å². The van der Waals surface area contributed by atoms with Gasteiger partial charge in [0.25, 0.3) is 0 Å². The number of rotatable bonds is 8. The summed E-state index contributed by atoms with van der Waals surface area (Å²) in [5.74, 6) is -2.68. The van der Waals surface area contributed by atoms with Gasteiger partial charge in [0.1, 0.15) is 0 Å². The Morgan fingerprint density at radius 2 is 1.85 bits per heavy atom. The third-order valence-electron chi connectivity index (χ3n) is 3.58. The lowest BCUT2D eigenvalue weighted by atomic mass is 9.64. The second-order valence-corrected chi connectivity index (χ2v) is 5.32. The van der Waals surface area contributed by atoms with E-state index in [0.29, 0.717) is 12.8 Å². The van der Waals surface area contributed by atoms with Crippen LogP contribution in [0.2, 0.25) is 0 Å². The van der Waals surface area contributed by atoms with E-state index in [0.717, 1.165) is 0 Å². The number of hydrogen-bond donors (Lipinski definition) is 4. The van der Waals surface area contributed by atoms with E-state index >= 15 is 0 Å². The highest BCUT2D eigenvalue weighted by molar-refractivity contribution is 5.93. The first-order chi connectivity index (χ1) is 9.26. The summed E-state index contributed by atoms with van der Waals surface area (Å²) in [6, 6.07) is 0. The van der Waals surface area contributed by atoms with E-state index in [4.69, 9.17) is 10.9 Å². The first-order valence-electron chi connectivity index (χ1n) is 6.71. The molecule has 7 heteroatoms. The van der Waals surface area contributed by atoms with Crippen molar-refractivity contribution in [2.45, 2.75) is 40.0 Å². The van der Waals surface area contributed by atoms with E-state index in [1.165, 1.54) is 12.5 Å². The van der Waals surface area contributed by atoms with Crippen LogP contribution in [-0.4, -0.2) is 30.0 Å². The topological polar surface area (TPSA) is 122 Å². The number of amides is 3. The Morgan fingerprint density at radius 1 is 1.30 bits per heavy atom. The molecule has 116 valence electrons. The van der Waals surface area contributed by atoms with Gasteiger partial charge in [-0.15, -0.1) is 0 Å². The van der Waals surface area contributed by atoms with Gasteiger partial charge in [0, 0.05) is 13.5 Å². The maximum absolute atomic E-state index is 12.1. The lowest BCUT2D eigenvalue weighted by molar-refractivity contribution is -0.149. The number of hydroxylamine groups is 1. The molecule has 0 unspecified atom stereocenters. The quantitative estimate of drug-likeness (QED) is 0.375. The molecule has 20 heavy (non-hydrogen) atoms.